The van der Waals surface area contributed by atoms with E-state index in [4.69, 9.17) is 0 Å². The highest BCUT2D eigenvalue weighted by Gasteiger charge is 2.63. The van der Waals surface area contributed by atoms with Crippen LogP contribution < -0.4 is 0 Å². The Morgan fingerprint density at radius 1 is 0.727 bits per heavy atom. The number of fused-ring (bicyclic) bond motifs is 6. The van der Waals surface area contributed by atoms with E-state index in [1.165, 1.54) is 32.1 Å². The first-order valence-electron chi connectivity index (χ1n) is 14.0. The van der Waals surface area contributed by atoms with E-state index >= 15 is 0 Å². The molecule has 5 rings (SSSR count). The molecule has 0 aromatic rings. The van der Waals surface area contributed by atoms with Gasteiger partial charge in [-0.2, -0.15) is 0 Å². The minimum absolute atomic E-state index is 0.00101. The molecule has 33 heavy (non-hydrogen) atoms. The molecule has 0 spiro atoms. The van der Waals surface area contributed by atoms with Crippen LogP contribution in [0.15, 0.2) is 11.6 Å². The molecule has 3 heteroatoms. The van der Waals surface area contributed by atoms with Crippen LogP contribution in [0.1, 0.15) is 106 Å². The van der Waals surface area contributed by atoms with Crippen molar-refractivity contribution in [1.82, 2.24) is 0 Å². The van der Waals surface area contributed by atoms with Crippen LogP contribution in [0.4, 0.5) is 0 Å². The summed E-state index contributed by atoms with van der Waals surface area (Å²) in [5.41, 5.74) is 2.05. The molecule has 3 N–H and O–H groups in total. The average Bonchev–Trinajstić information content (AvgIpc) is 2.91. The quantitative estimate of drug-likeness (QED) is 0.415. The summed E-state index contributed by atoms with van der Waals surface area (Å²) in [5.74, 6) is 2.24. The molecule has 4 fully saturated rings. The second kappa shape index (κ2) is 7.56. The number of aliphatic hydroxyl groups is 3. The molecule has 10 atom stereocenters. The molecule has 0 heterocycles. The van der Waals surface area contributed by atoms with E-state index in [-0.39, 0.29) is 40.5 Å². The second-order valence-electron chi connectivity index (χ2n) is 14.7. The maximum atomic E-state index is 10.9. The van der Waals surface area contributed by atoms with Crippen molar-refractivity contribution >= 4 is 0 Å². The fraction of sp³-hybridized carbons (Fsp3) is 0.933. The van der Waals surface area contributed by atoms with Crippen molar-refractivity contribution in [3.05, 3.63) is 11.6 Å². The van der Waals surface area contributed by atoms with E-state index < -0.39 is 0 Å². The molecule has 0 aromatic carbocycles. The highest BCUT2D eigenvalue weighted by molar-refractivity contribution is 5.26. The fourth-order valence-electron chi connectivity index (χ4n) is 11.0. The van der Waals surface area contributed by atoms with Gasteiger partial charge in [0.15, 0.2) is 0 Å². The Bertz CT molecular complexity index is 817. The van der Waals surface area contributed by atoms with Crippen LogP contribution in [-0.2, 0) is 0 Å². The first-order valence-corrected chi connectivity index (χ1v) is 14.0. The summed E-state index contributed by atoms with van der Waals surface area (Å²) in [6, 6.07) is 0. The molecule has 5 aliphatic carbocycles. The van der Waals surface area contributed by atoms with Crippen molar-refractivity contribution < 1.29 is 15.3 Å². The van der Waals surface area contributed by atoms with E-state index in [9.17, 15) is 15.3 Å². The monoisotopic (exact) mass is 458 g/mol. The van der Waals surface area contributed by atoms with E-state index in [0.29, 0.717) is 29.1 Å². The van der Waals surface area contributed by atoms with Crippen molar-refractivity contribution in [3.8, 4) is 0 Å². The summed E-state index contributed by atoms with van der Waals surface area (Å²) in [4.78, 5) is 0. The summed E-state index contributed by atoms with van der Waals surface area (Å²) in [6.07, 6.45) is 13.5. The molecule has 0 amide bonds. The summed E-state index contributed by atoms with van der Waals surface area (Å²) in [6.45, 7) is 14.5. The summed E-state index contributed by atoms with van der Waals surface area (Å²) >= 11 is 0. The highest BCUT2D eigenvalue weighted by Crippen LogP contribution is 2.69. The normalized spacial score (nSPS) is 55.8. The number of allylic oxidation sites excluding steroid dienone is 2. The lowest BCUT2D eigenvalue weighted by Gasteiger charge is -2.63. The molecule has 0 radical (unpaired) electrons. The maximum absolute atomic E-state index is 10.9. The number of hydrogen-bond acceptors (Lipinski definition) is 3. The molecule has 0 unspecified atom stereocenters. The first-order chi connectivity index (χ1) is 15.3. The molecular formula is C30H50O3. The first kappa shape index (κ1) is 24.3. The van der Waals surface area contributed by atoms with Crippen LogP contribution in [0, 0.1) is 50.7 Å². The van der Waals surface area contributed by atoms with Crippen LogP contribution in [-0.4, -0.2) is 34.1 Å². The van der Waals surface area contributed by atoms with Crippen molar-refractivity contribution in [2.45, 2.75) is 118 Å². The fourth-order valence-corrected chi connectivity index (χ4v) is 11.0. The third kappa shape index (κ3) is 3.17. The molecule has 5 aliphatic rings. The summed E-state index contributed by atoms with van der Waals surface area (Å²) in [7, 11) is 0. The minimum atomic E-state index is -0.382. The van der Waals surface area contributed by atoms with Gasteiger partial charge in [-0.3, -0.25) is 0 Å². The lowest BCUT2D eigenvalue weighted by molar-refractivity contribution is -0.183. The van der Waals surface area contributed by atoms with Crippen LogP contribution in [0.5, 0.6) is 0 Å². The number of aliphatic hydroxyl groups excluding tert-OH is 3. The Morgan fingerprint density at radius 3 is 2.09 bits per heavy atom. The molecule has 0 bridgehead atoms. The Kier molecular flexibility index (Phi) is 5.57. The zero-order valence-electron chi connectivity index (χ0n) is 22.2. The zero-order valence-corrected chi connectivity index (χ0v) is 22.2. The van der Waals surface area contributed by atoms with Gasteiger partial charge in [0, 0.05) is 5.41 Å². The van der Waals surface area contributed by atoms with Crippen molar-refractivity contribution in [2.75, 3.05) is 6.61 Å². The Balaban J connectivity index is 1.51. The van der Waals surface area contributed by atoms with Gasteiger partial charge in [0.2, 0.25) is 0 Å². The predicted octanol–water partition coefficient (Wildman–Crippen LogP) is 6.11. The topological polar surface area (TPSA) is 60.7 Å². The van der Waals surface area contributed by atoms with Gasteiger partial charge in [-0.15, -0.1) is 0 Å². The van der Waals surface area contributed by atoms with E-state index in [0.717, 1.165) is 32.1 Å². The van der Waals surface area contributed by atoms with E-state index in [1.807, 2.05) is 0 Å². The van der Waals surface area contributed by atoms with Gasteiger partial charge in [-0.25, -0.2) is 0 Å². The van der Waals surface area contributed by atoms with Gasteiger partial charge >= 0.3 is 0 Å². The highest BCUT2D eigenvalue weighted by atomic mass is 16.3. The zero-order chi connectivity index (χ0) is 24.0. The molecule has 3 nitrogen and oxygen atoms in total. The van der Waals surface area contributed by atoms with Gasteiger partial charge in [-0.1, -0.05) is 53.2 Å². The second-order valence-corrected chi connectivity index (χ2v) is 14.7. The lowest BCUT2D eigenvalue weighted by Crippen LogP contribution is -2.60. The smallest absolute Gasteiger partial charge is 0.0618 e. The van der Waals surface area contributed by atoms with Gasteiger partial charge in [0.05, 0.1) is 18.8 Å². The van der Waals surface area contributed by atoms with Crippen molar-refractivity contribution in [3.63, 3.8) is 0 Å². The minimum Gasteiger partial charge on any atom is -0.396 e. The molecular weight excluding hydrogens is 408 g/mol. The average molecular weight is 459 g/mol. The summed E-state index contributed by atoms with van der Waals surface area (Å²) < 4.78 is 0. The standard InChI is InChI=1S/C30H50O3/c1-26(2)21-9-7-19-17-27(3)14-11-23-29(5,16-13-25(33)30(23,6)18-31)22(27)10-8-20(19)28(21,4)15-12-24(26)32/h17,20-25,31-33H,7-16,18H2,1-6H3/t20-,21-,22-,23+,24+,25+,27-,28+,29+,30+/m0/s1. The van der Waals surface area contributed by atoms with E-state index in [1.54, 1.807) is 5.57 Å². The predicted molar refractivity (Wildman–Crippen MR) is 134 cm³/mol. The van der Waals surface area contributed by atoms with Gasteiger partial charge in [0.1, 0.15) is 0 Å². The van der Waals surface area contributed by atoms with Gasteiger partial charge in [0.25, 0.3) is 0 Å². The van der Waals surface area contributed by atoms with Crippen molar-refractivity contribution in [2.24, 2.45) is 50.7 Å². The number of rotatable bonds is 1. The van der Waals surface area contributed by atoms with E-state index in [2.05, 4.69) is 47.6 Å². The third-order valence-corrected chi connectivity index (χ3v) is 12.9. The Morgan fingerprint density at radius 2 is 1.39 bits per heavy atom. The Labute approximate surface area is 202 Å². The van der Waals surface area contributed by atoms with Gasteiger partial charge in [-0.05, 0) is 110 Å². The third-order valence-electron chi connectivity index (χ3n) is 12.9. The largest absolute Gasteiger partial charge is 0.396 e. The summed E-state index contributed by atoms with van der Waals surface area (Å²) in [5, 5.41) is 32.2. The van der Waals surface area contributed by atoms with Crippen LogP contribution in [0.2, 0.25) is 0 Å². The van der Waals surface area contributed by atoms with Crippen LogP contribution >= 0.6 is 0 Å². The van der Waals surface area contributed by atoms with Crippen LogP contribution in [0.25, 0.3) is 0 Å². The molecule has 0 saturated heterocycles. The maximum Gasteiger partial charge on any atom is 0.0618 e. The van der Waals surface area contributed by atoms with Crippen LogP contribution in [0.3, 0.4) is 0 Å². The SMILES string of the molecule is CC1(C)[C@H](O)CC[C@]2(C)[C@H]3CC[C@@H]4[C@@]5(C)CC[C@@H](O)[C@](C)(CO)[C@@H]5CC[C@@]4(C)C=C3CC[C@@H]12. The lowest BCUT2D eigenvalue weighted by atomic mass is 9.42. The van der Waals surface area contributed by atoms with Crippen molar-refractivity contribution in [1.29, 1.82) is 0 Å². The molecule has 0 aliphatic heterocycles. The Hall–Kier alpha value is -0.380. The van der Waals surface area contributed by atoms with Gasteiger partial charge < -0.3 is 15.3 Å². The number of hydrogen-bond donors (Lipinski definition) is 3. The molecule has 188 valence electrons. The molecule has 0 aromatic heterocycles. The molecule has 4 saturated carbocycles.